The molecule has 4 heteroatoms. The lowest BCUT2D eigenvalue weighted by atomic mass is 10.3. The Morgan fingerprint density at radius 1 is 1.67 bits per heavy atom. The van der Waals surface area contributed by atoms with Gasteiger partial charge in [0.1, 0.15) is 0 Å². The first-order valence-electron chi connectivity index (χ1n) is 4.34. The third-order valence-electron chi connectivity index (χ3n) is 2.28. The van der Waals surface area contributed by atoms with Gasteiger partial charge in [-0.2, -0.15) is 4.98 Å². The molecule has 0 aromatic carbocycles. The molecule has 1 heterocycles. The van der Waals surface area contributed by atoms with E-state index in [0.29, 0.717) is 24.8 Å². The molecular weight excluding hydrogens is 154 g/mol. The molecule has 66 valence electrons. The fourth-order valence-electron chi connectivity index (χ4n) is 1.33. The maximum Gasteiger partial charge on any atom is 0.227 e. The van der Waals surface area contributed by atoms with Crippen molar-refractivity contribution in [1.29, 1.82) is 0 Å². The van der Waals surface area contributed by atoms with Crippen molar-refractivity contribution >= 4 is 0 Å². The standard InChI is InChI=1S/C8H13N3O/c1-5-4-6(5)8-10-7(2-3-9)12-11-8/h5-6H,2-4,9H2,1H3. The fraction of sp³-hybridized carbons (Fsp3) is 0.750. The first-order valence-corrected chi connectivity index (χ1v) is 4.34. The molecule has 12 heavy (non-hydrogen) atoms. The second-order valence-corrected chi connectivity index (χ2v) is 3.40. The van der Waals surface area contributed by atoms with E-state index >= 15 is 0 Å². The second kappa shape index (κ2) is 2.86. The quantitative estimate of drug-likeness (QED) is 0.719. The molecule has 0 amide bonds. The highest BCUT2D eigenvalue weighted by atomic mass is 16.5. The van der Waals surface area contributed by atoms with Crippen LogP contribution in [0.25, 0.3) is 0 Å². The van der Waals surface area contributed by atoms with Crippen molar-refractivity contribution in [3.05, 3.63) is 11.7 Å². The fourth-order valence-corrected chi connectivity index (χ4v) is 1.33. The maximum atomic E-state index is 5.36. The lowest BCUT2D eigenvalue weighted by Crippen LogP contribution is -2.02. The summed E-state index contributed by atoms with van der Waals surface area (Å²) in [6, 6.07) is 0. The molecule has 2 atom stereocenters. The molecule has 2 rings (SSSR count). The predicted molar refractivity (Wildman–Crippen MR) is 43.6 cm³/mol. The zero-order chi connectivity index (χ0) is 8.55. The first kappa shape index (κ1) is 7.73. The Balaban J connectivity index is 2.04. The van der Waals surface area contributed by atoms with Crippen molar-refractivity contribution in [1.82, 2.24) is 10.1 Å². The van der Waals surface area contributed by atoms with Crippen LogP contribution in [-0.2, 0) is 6.42 Å². The molecule has 4 nitrogen and oxygen atoms in total. The highest BCUT2D eigenvalue weighted by molar-refractivity contribution is 5.07. The normalized spacial score (nSPS) is 27.5. The zero-order valence-corrected chi connectivity index (χ0v) is 7.16. The van der Waals surface area contributed by atoms with Crippen LogP contribution >= 0.6 is 0 Å². The molecule has 1 aromatic heterocycles. The Morgan fingerprint density at radius 3 is 3.00 bits per heavy atom. The van der Waals surface area contributed by atoms with Crippen molar-refractivity contribution in [3.8, 4) is 0 Å². The molecule has 1 saturated carbocycles. The second-order valence-electron chi connectivity index (χ2n) is 3.40. The Kier molecular flexibility index (Phi) is 1.84. The van der Waals surface area contributed by atoms with Gasteiger partial charge < -0.3 is 10.3 Å². The smallest absolute Gasteiger partial charge is 0.227 e. The SMILES string of the molecule is CC1CC1c1noc(CCN)n1. The van der Waals surface area contributed by atoms with Crippen molar-refractivity contribution in [3.63, 3.8) is 0 Å². The van der Waals surface area contributed by atoms with Crippen molar-refractivity contribution in [2.24, 2.45) is 11.7 Å². The van der Waals surface area contributed by atoms with E-state index < -0.39 is 0 Å². The van der Waals surface area contributed by atoms with Gasteiger partial charge >= 0.3 is 0 Å². The number of aromatic nitrogens is 2. The van der Waals surface area contributed by atoms with E-state index in [0.717, 1.165) is 11.7 Å². The van der Waals surface area contributed by atoms with Crippen LogP contribution in [0, 0.1) is 5.92 Å². The monoisotopic (exact) mass is 167 g/mol. The summed E-state index contributed by atoms with van der Waals surface area (Å²) >= 11 is 0. The lowest BCUT2D eigenvalue weighted by Gasteiger charge is -1.84. The first-order chi connectivity index (χ1) is 5.81. The van der Waals surface area contributed by atoms with Crippen LogP contribution in [0.2, 0.25) is 0 Å². The molecule has 2 N–H and O–H groups in total. The number of hydrogen-bond acceptors (Lipinski definition) is 4. The average Bonchev–Trinajstić information content (AvgIpc) is 2.62. The number of nitrogens with two attached hydrogens (primary N) is 1. The minimum absolute atomic E-state index is 0.542. The Labute approximate surface area is 71.1 Å². The van der Waals surface area contributed by atoms with Gasteiger partial charge in [0.05, 0.1) is 0 Å². The van der Waals surface area contributed by atoms with Gasteiger partial charge in [-0.15, -0.1) is 0 Å². The number of nitrogens with zero attached hydrogens (tertiary/aromatic N) is 2. The van der Waals surface area contributed by atoms with Crippen LogP contribution in [0.5, 0.6) is 0 Å². The summed E-state index contributed by atoms with van der Waals surface area (Å²) in [6.07, 6.45) is 1.88. The average molecular weight is 167 g/mol. The molecular formula is C8H13N3O. The molecule has 2 unspecified atom stereocenters. The van der Waals surface area contributed by atoms with Gasteiger partial charge in [-0.3, -0.25) is 0 Å². The lowest BCUT2D eigenvalue weighted by molar-refractivity contribution is 0.374. The predicted octanol–water partition coefficient (Wildman–Crippen LogP) is 0.694. The molecule has 1 aliphatic carbocycles. The highest BCUT2D eigenvalue weighted by Gasteiger charge is 2.37. The maximum absolute atomic E-state index is 5.36. The summed E-state index contributed by atoms with van der Waals surface area (Å²) in [4.78, 5) is 4.25. The molecule has 0 spiro atoms. The van der Waals surface area contributed by atoms with Crippen LogP contribution in [0.15, 0.2) is 4.52 Å². The molecule has 1 aromatic rings. The summed E-state index contributed by atoms with van der Waals surface area (Å²) in [5.74, 6) is 2.81. The van der Waals surface area contributed by atoms with Crippen LogP contribution in [0.4, 0.5) is 0 Å². The van der Waals surface area contributed by atoms with Gasteiger partial charge in [0, 0.05) is 18.9 Å². The van der Waals surface area contributed by atoms with Gasteiger partial charge in [-0.05, 0) is 12.3 Å². The zero-order valence-electron chi connectivity index (χ0n) is 7.16. The van der Waals surface area contributed by atoms with Crippen LogP contribution in [0.3, 0.4) is 0 Å². The van der Waals surface area contributed by atoms with Crippen LogP contribution in [0.1, 0.15) is 31.0 Å². The Hall–Kier alpha value is -0.900. The van der Waals surface area contributed by atoms with E-state index in [1.54, 1.807) is 0 Å². The topological polar surface area (TPSA) is 64.9 Å². The van der Waals surface area contributed by atoms with E-state index in [4.69, 9.17) is 10.3 Å². The molecule has 0 aliphatic heterocycles. The number of rotatable bonds is 3. The summed E-state index contributed by atoms with van der Waals surface area (Å²) in [5.41, 5.74) is 5.36. The summed E-state index contributed by atoms with van der Waals surface area (Å²) in [5, 5.41) is 3.91. The Morgan fingerprint density at radius 2 is 2.42 bits per heavy atom. The molecule has 0 radical (unpaired) electrons. The van der Waals surface area contributed by atoms with Gasteiger partial charge in [0.2, 0.25) is 5.89 Å². The van der Waals surface area contributed by atoms with E-state index in [2.05, 4.69) is 17.1 Å². The molecule has 0 bridgehead atoms. The van der Waals surface area contributed by atoms with Gasteiger partial charge in [0.15, 0.2) is 5.82 Å². The van der Waals surface area contributed by atoms with Crippen molar-refractivity contribution < 1.29 is 4.52 Å². The molecule has 1 aliphatic rings. The third-order valence-corrected chi connectivity index (χ3v) is 2.28. The molecule has 1 fully saturated rings. The largest absolute Gasteiger partial charge is 0.339 e. The molecule has 0 saturated heterocycles. The van der Waals surface area contributed by atoms with E-state index in [-0.39, 0.29) is 0 Å². The van der Waals surface area contributed by atoms with Gasteiger partial charge in [-0.25, -0.2) is 0 Å². The van der Waals surface area contributed by atoms with E-state index in [1.165, 1.54) is 6.42 Å². The van der Waals surface area contributed by atoms with Crippen LogP contribution < -0.4 is 5.73 Å². The van der Waals surface area contributed by atoms with Gasteiger partial charge in [0.25, 0.3) is 0 Å². The van der Waals surface area contributed by atoms with Crippen LogP contribution in [-0.4, -0.2) is 16.7 Å². The Bertz CT molecular complexity index is 271. The minimum Gasteiger partial charge on any atom is -0.339 e. The van der Waals surface area contributed by atoms with Crippen molar-refractivity contribution in [2.45, 2.75) is 25.7 Å². The highest BCUT2D eigenvalue weighted by Crippen LogP contribution is 2.45. The summed E-state index contributed by atoms with van der Waals surface area (Å²) in [7, 11) is 0. The third kappa shape index (κ3) is 1.34. The van der Waals surface area contributed by atoms with Crippen molar-refractivity contribution in [2.75, 3.05) is 6.54 Å². The minimum atomic E-state index is 0.542. The van der Waals surface area contributed by atoms with E-state index in [1.807, 2.05) is 0 Å². The number of hydrogen-bond donors (Lipinski definition) is 1. The van der Waals surface area contributed by atoms with E-state index in [9.17, 15) is 0 Å². The van der Waals surface area contributed by atoms with Gasteiger partial charge in [-0.1, -0.05) is 12.1 Å². The summed E-state index contributed by atoms with van der Waals surface area (Å²) < 4.78 is 5.01. The summed E-state index contributed by atoms with van der Waals surface area (Å²) in [6.45, 7) is 2.77.